The molecule has 0 aliphatic carbocycles. The van der Waals surface area contributed by atoms with Gasteiger partial charge in [0.2, 0.25) is 5.95 Å². The number of aliphatic hydroxyl groups is 1. The van der Waals surface area contributed by atoms with E-state index in [-0.39, 0.29) is 24.2 Å². The van der Waals surface area contributed by atoms with E-state index in [1.165, 1.54) is 5.57 Å². The first-order chi connectivity index (χ1) is 15.5. The molecule has 2 aromatic rings. The average Bonchev–Trinajstić information content (AvgIpc) is 3.19. The van der Waals surface area contributed by atoms with Gasteiger partial charge in [0.1, 0.15) is 23.8 Å². The molecule has 5 heterocycles. The summed E-state index contributed by atoms with van der Waals surface area (Å²) in [6.45, 7) is 6.75. The maximum atomic E-state index is 10.2. The first kappa shape index (κ1) is 20.0. The third-order valence-corrected chi connectivity index (χ3v) is 7.37. The summed E-state index contributed by atoms with van der Waals surface area (Å²) in [5, 5.41) is 10.2. The van der Waals surface area contributed by atoms with Crippen LogP contribution in [-0.2, 0) is 4.74 Å². The van der Waals surface area contributed by atoms with Gasteiger partial charge in [-0.1, -0.05) is 18.2 Å². The van der Waals surface area contributed by atoms with Gasteiger partial charge in [-0.15, -0.1) is 0 Å². The lowest BCUT2D eigenvalue weighted by Crippen LogP contribution is -2.54. The molecule has 4 aliphatic heterocycles. The molecule has 1 aromatic carbocycles. The van der Waals surface area contributed by atoms with Crippen LogP contribution in [0.5, 0.6) is 5.75 Å². The maximum Gasteiger partial charge on any atom is 0.222 e. The molecular weight excluding hydrogens is 406 g/mol. The van der Waals surface area contributed by atoms with Crippen molar-refractivity contribution in [3.05, 3.63) is 47.2 Å². The quantitative estimate of drug-likeness (QED) is 0.743. The van der Waals surface area contributed by atoms with E-state index < -0.39 is 0 Å². The highest BCUT2D eigenvalue weighted by Gasteiger charge is 2.62. The molecule has 0 saturated carbocycles. The molecule has 32 heavy (non-hydrogen) atoms. The van der Waals surface area contributed by atoms with Crippen LogP contribution in [0.3, 0.4) is 0 Å². The summed E-state index contributed by atoms with van der Waals surface area (Å²) in [5.74, 6) is 2.51. The van der Waals surface area contributed by atoms with Crippen LogP contribution in [0.2, 0.25) is 0 Å². The molecule has 3 saturated heterocycles. The predicted molar refractivity (Wildman–Crippen MR) is 121 cm³/mol. The third-order valence-electron chi connectivity index (χ3n) is 7.37. The fourth-order valence-corrected chi connectivity index (χ4v) is 6.10. The molecule has 1 spiro atoms. The van der Waals surface area contributed by atoms with Crippen LogP contribution >= 0.6 is 0 Å². The van der Waals surface area contributed by atoms with Crippen LogP contribution in [0.15, 0.2) is 35.9 Å². The molecule has 4 atom stereocenters. The van der Waals surface area contributed by atoms with E-state index in [1.54, 1.807) is 0 Å². The van der Waals surface area contributed by atoms with E-state index in [9.17, 15) is 5.11 Å². The Morgan fingerprint density at radius 3 is 2.94 bits per heavy atom. The van der Waals surface area contributed by atoms with Crippen molar-refractivity contribution < 1.29 is 14.6 Å². The first-order valence-corrected chi connectivity index (χ1v) is 11.3. The number of hydrogen-bond acceptors (Lipinski definition) is 8. The van der Waals surface area contributed by atoms with Gasteiger partial charge in [-0.25, -0.2) is 4.98 Å². The molecule has 0 unspecified atom stereocenters. The van der Waals surface area contributed by atoms with Crippen LogP contribution in [0.4, 0.5) is 11.8 Å². The van der Waals surface area contributed by atoms with Crippen molar-refractivity contribution in [2.75, 3.05) is 56.6 Å². The molecule has 0 radical (unpaired) electrons. The predicted octanol–water partition coefficient (Wildman–Crippen LogP) is 1.34. The van der Waals surface area contributed by atoms with E-state index >= 15 is 0 Å². The number of ether oxygens (including phenoxy) is 2. The number of rotatable bonds is 4. The van der Waals surface area contributed by atoms with Gasteiger partial charge in [0.05, 0.1) is 12.6 Å². The van der Waals surface area contributed by atoms with Crippen molar-refractivity contribution in [3.8, 4) is 5.75 Å². The average molecular weight is 436 g/mol. The number of aromatic nitrogens is 2. The summed E-state index contributed by atoms with van der Waals surface area (Å²) in [4.78, 5) is 13.4. The maximum absolute atomic E-state index is 10.2. The minimum absolute atomic E-state index is 0.00139. The smallest absolute Gasteiger partial charge is 0.222 e. The second kappa shape index (κ2) is 7.43. The van der Waals surface area contributed by atoms with Crippen LogP contribution < -0.4 is 15.4 Å². The second-order valence-corrected chi connectivity index (χ2v) is 9.58. The van der Waals surface area contributed by atoms with Crippen molar-refractivity contribution >= 4 is 17.8 Å². The van der Waals surface area contributed by atoms with Crippen molar-refractivity contribution in [1.29, 1.82) is 0 Å². The number of nitrogens with zero attached hydrogens (tertiary/aromatic N) is 4. The number of likely N-dealkylation sites (tertiary alicyclic amines) is 1. The number of benzene rings is 1. The zero-order chi connectivity index (χ0) is 21.9. The third kappa shape index (κ3) is 3.25. The number of aliphatic hydroxyl groups excluding tert-OH is 1. The van der Waals surface area contributed by atoms with E-state index in [4.69, 9.17) is 15.2 Å². The Morgan fingerprint density at radius 1 is 1.22 bits per heavy atom. The highest BCUT2D eigenvalue weighted by atomic mass is 16.5. The Bertz CT molecular complexity index is 1060. The zero-order valence-corrected chi connectivity index (χ0v) is 18.3. The minimum atomic E-state index is -0.308. The SMILES string of the molecule is Cc1cc(N2C[C@H]3O[C@@]4(CN(CC5=Cc6ccccc6OC5)C[C@@H]4[C@@H]3CO)C2)nc(N)n1. The van der Waals surface area contributed by atoms with Crippen LogP contribution in [-0.4, -0.2) is 77.6 Å². The van der Waals surface area contributed by atoms with Crippen molar-refractivity contribution in [2.24, 2.45) is 11.8 Å². The Morgan fingerprint density at radius 2 is 2.09 bits per heavy atom. The molecule has 0 amide bonds. The highest BCUT2D eigenvalue weighted by Crippen LogP contribution is 2.49. The lowest BCUT2D eigenvalue weighted by atomic mass is 9.83. The number of nitrogen functional groups attached to an aromatic ring is 1. The van der Waals surface area contributed by atoms with Gasteiger partial charge in [-0.05, 0) is 24.6 Å². The van der Waals surface area contributed by atoms with Crippen LogP contribution in [0.1, 0.15) is 11.3 Å². The van der Waals surface area contributed by atoms with E-state index in [2.05, 4.69) is 31.9 Å². The molecule has 3 N–H and O–H groups in total. The number of fused-ring (bicyclic) bond motifs is 2. The summed E-state index contributed by atoms with van der Waals surface area (Å²) in [6, 6.07) is 10.1. The highest BCUT2D eigenvalue weighted by molar-refractivity contribution is 5.62. The number of nitrogens with two attached hydrogens (primary N) is 1. The number of aryl methyl sites for hydroxylation is 1. The number of para-hydroxylation sites is 1. The molecule has 8 nitrogen and oxygen atoms in total. The molecule has 2 bridgehead atoms. The summed E-state index contributed by atoms with van der Waals surface area (Å²) >= 11 is 0. The number of hydrogen-bond donors (Lipinski definition) is 2. The van der Waals surface area contributed by atoms with Gasteiger partial charge >= 0.3 is 0 Å². The van der Waals surface area contributed by atoms with Gasteiger partial charge < -0.3 is 25.2 Å². The fourth-order valence-electron chi connectivity index (χ4n) is 6.10. The molecule has 168 valence electrons. The zero-order valence-electron chi connectivity index (χ0n) is 18.3. The van der Waals surface area contributed by atoms with Gasteiger partial charge in [0.15, 0.2) is 0 Å². The summed E-state index contributed by atoms with van der Waals surface area (Å²) in [7, 11) is 0. The minimum Gasteiger partial charge on any atom is -0.489 e. The van der Waals surface area contributed by atoms with Gasteiger partial charge in [0.25, 0.3) is 0 Å². The number of anilines is 2. The molecular formula is C24H29N5O3. The van der Waals surface area contributed by atoms with Crippen LogP contribution in [0, 0.1) is 18.8 Å². The molecule has 8 heteroatoms. The summed E-state index contributed by atoms with van der Waals surface area (Å²) in [5.41, 5.74) is 8.88. The molecule has 4 aliphatic rings. The topological polar surface area (TPSA) is 97.0 Å². The summed E-state index contributed by atoms with van der Waals surface area (Å²) in [6.07, 6.45) is 2.25. The molecule has 3 fully saturated rings. The van der Waals surface area contributed by atoms with Crippen molar-refractivity contribution in [2.45, 2.75) is 18.6 Å². The fraction of sp³-hybridized carbons (Fsp3) is 0.500. The lowest BCUT2D eigenvalue weighted by Gasteiger charge is -2.41. The van der Waals surface area contributed by atoms with Gasteiger partial charge in [-0.3, -0.25) is 4.90 Å². The standard InChI is InChI=1S/C24H29N5O3/c1-15-6-22(27-23(25)26-15)29-10-21-18(11-30)19-9-28(13-24(19,14-29)32-21)8-16-7-17-4-2-3-5-20(17)31-12-16/h2-7,18-19,21,30H,8-14H2,1H3,(H2,25,26,27)/t18-,19+,21+,24-/m0/s1. The Balaban J connectivity index is 1.24. The lowest BCUT2D eigenvalue weighted by molar-refractivity contribution is -0.0638. The Labute approximate surface area is 187 Å². The van der Waals surface area contributed by atoms with E-state index in [0.29, 0.717) is 18.5 Å². The molecule has 1 aromatic heterocycles. The van der Waals surface area contributed by atoms with E-state index in [0.717, 1.165) is 55.5 Å². The van der Waals surface area contributed by atoms with Crippen molar-refractivity contribution in [1.82, 2.24) is 14.9 Å². The van der Waals surface area contributed by atoms with Gasteiger partial charge in [0, 0.05) is 61.9 Å². The largest absolute Gasteiger partial charge is 0.489 e. The Kier molecular flexibility index (Phi) is 4.64. The first-order valence-electron chi connectivity index (χ1n) is 11.3. The summed E-state index contributed by atoms with van der Waals surface area (Å²) < 4.78 is 12.6. The van der Waals surface area contributed by atoms with Crippen LogP contribution in [0.25, 0.3) is 6.08 Å². The van der Waals surface area contributed by atoms with E-state index in [1.807, 2.05) is 31.2 Å². The monoisotopic (exact) mass is 435 g/mol. The Hall–Kier alpha value is -2.68. The van der Waals surface area contributed by atoms with Crippen molar-refractivity contribution in [3.63, 3.8) is 0 Å². The van der Waals surface area contributed by atoms with Gasteiger partial charge in [-0.2, -0.15) is 4.98 Å². The number of morpholine rings is 1. The second-order valence-electron chi connectivity index (χ2n) is 9.58. The molecule has 6 rings (SSSR count). The normalized spacial score (nSPS) is 31.1.